The SMILES string of the molecule is CCc1c(C)sc2nc(C)nc(SCC(=O)Nc3cc(C)ccc3C)c12. The Morgan fingerprint density at radius 1 is 1.19 bits per heavy atom. The third kappa shape index (κ3) is 3.91. The van der Waals surface area contributed by atoms with Crippen molar-refractivity contribution in [3.63, 3.8) is 0 Å². The van der Waals surface area contributed by atoms with Crippen molar-refractivity contribution in [1.82, 2.24) is 9.97 Å². The number of nitrogens with zero attached hydrogens (tertiary/aromatic N) is 2. The summed E-state index contributed by atoms with van der Waals surface area (Å²) in [7, 11) is 0. The molecule has 4 nitrogen and oxygen atoms in total. The number of aromatic nitrogens is 2. The van der Waals surface area contributed by atoms with Gasteiger partial charge in [-0.25, -0.2) is 9.97 Å². The molecule has 1 N–H and O–H groups in total. The molecule has 26 heavy (non-hydrogen) atoms. The second-order valence-electron chi connectivity index (χ2n) is 6.40. The van der Waals surface area contributed by atoms with Crippen molar-refractivity contribution in [1.29, 1.82) is 0 Å². The molecule has 0 aliphatic rings. The molecule has 0 spiro atoms. The van der Waals surface area contributed by atoms with E-state index in [1.807, 2.05) is 39.0 Å². The minimum absolute atomic E-state index is 0.0156. The highest BCUT2D eigenvalue weighted by Crippen LogP contribution is 2.36. The number of carbonyl (C=O) groups excluding carboxylic acids is 1. The Labute approximate surface area is 162 Å². The van der Waals surface area contributed by atoms with Crippen molar-refractivity contribution in [3.05, 3.63) is 45.6 Å². The summed E-state index contributed by atoms with van der Waals surface area (Å²) in [6, 6.07) is 6.07. The van der Waals surface area contributed by atoms with Gasteiger partial charge >= 0.3 is 0 Å². The van der Waals surface area contributed by atoms with Crippen molar-refractivity contribution < 1.29 is 4.79 Å². The van der Waals surface area contributed by atoms with E-state index in [2.05, 4.69) is 29.1 Å². The smallest absolute Gasteiger partial charge is 0.234 e. The topological polar surface area (TPSA) is 54.9 Å². The van der Waals surface area contributed by atoms with Gasteiger partial charge in [0.1, 0.15) is 15.7 Å². The first-order valence-corrected chi connectivity index (χ1v) is 10.5. The Bertz CT molecular complexity index is 979. The van der Waals surface area contributed by atoms with Crippen molar-refractivity contribution in [2.75, 3.05) is 11.1 Å². The Hall–Kier alpha value is -1.92. The average Bonchev–Trinajstić information content (AvgIpc) is 2.90. The van der Waals surface area contributed by atoms with Gasteiger partial charge in [-0.3, -0.25) is 4.79 Å². The summed E-state index contributed by atoms with van der Waals surface area (Å²) in [5.74, 6) is 1.06. The maximum absolute atomic E-state index is 12.5. The Morgan fingerprint density at radius 2 is 1.96 bits per heavy atom. The largest absolute Gasteiger partial charge is 0.325 e. The van der Waals surface area contributed by atoms with E-state index < -0.39 is 0 Å². The first kappa shape index (κ1) is 18.9. The van der Waals surface area contributed by atoms with Crippen LogP contribution >= 0.6 is 23.1 Å². The van der Waals surface area contributed by atoms with E-state index in [0.29, 0.717) is 5.75 Å². The number of rotatable bonds is 5. The first-order chi connectivity index (χ1) is 12.4. The fourth-order valence-corrected chi connectivity index (χ4v) is 5.08. The third-order valence-electron chi connectivity index (χ3n) is 4.29. The van der Waals surface area contributed by atoms with Gasteiger partial charge in [-0.05, 0) is 56.9 Å². The molecule has 0 aliphatic carbocycles. The summed E-state index contributed by atoms with van der Waals surface area (Å²) in [4.78, 5) is 23.9. The molecule has 0 atom stereocenters. The highest BCUT2D eigenvalue weighted by Gasteiger charge is 2.16. The van der Waals surface area contributed by atoms with Crippen molar-refractivity contribution in [2.45, 2.75) is 46.1 Å². The maximum Gasteiger partial charge on any atom is 0.234 e. The van der Waals surface area contributed by atoms with Crippen LogP contribution in [0.15, 0.2) is 23.2 Å². The molecule has 0 saturated carbocycles. The second-order valence-corrected chi connectivity index (χ2v) is 8.57. The molecule has 0 radical (unpaired) electrons. The number of thiophene rings is 1. The van der Waals surface area contributed by atoms with E-state index >= 15 is 0 Å². The maximum atomic E-state index is 12.5. The molecule has 1 aromatic carbocycles. The number of hydrogen-bond acceptors (Lipinski definition) is 5. The molecular weight excluding hydrogens is 362 g/mol. The second kappa shape index (κ2) is 7.76. The highest BCUT2D eigenvalue weighted by atomic mass is 32.2. The number of amides is 1. The summed E-state index contributed by atoms with van der Waals surface area (Å²) in [6.07, 6.45) is 0.945. The number of thioether (sulfide) groups is 1. The fraction of sp³-hybridized carbons (Fsp3) is 0.350. The van der Waals surface area contributed by atoms with Crippen molar-refractivity contribution >= 4 is 44.9 Å². The number of hydrogen-bond donors (Lipinski definition) is 1. The molecule has 0 bridgehead atoms. The van der Waals surface area contributed by atoms with Crippen LogP contribution in [0.5, 0.6) is 0 Å². The Morgan fingerprint density at radius 3 is 2.69 bits per heavy atom. The van der Waals surface area contributed by atoms with Crippen LogP contribution in [0.2, 0.25) is 0 Å². The van der Waals surface area contributed by atoms with E-state index in [1.165, 1.54) is 22.2 Å². The van der Waals surface area contributed by atoms with E-state index in [9.17, 15) is 4.79 Å². The van der Waals surface area contributed by atoms with Gasteiger partial charge < -0.3 is 5.32 Å². The fourth-order valence-electron chi connectivity index (χ4n) is 2.96. The molecule has 136 valence electrons. The zero-order valence-corrected chi connectivity index (χ0v) is 17.4. The number of aryl methyl sites for hydroxylation is 5. The first-order valence-electron chi connectivity index (χ1n) is 8.65. The lowest BCUT2D eigenvalue weighted by atomic mass is 10.1. The van der Waals surface area contributed by atoms with Crippen molar-refractivity contribution in [2.24, 2.45) is 0 Å². The van der Waals surface area contributed by atoms with Crippen LogP contribution in [0.1, 0.15) is 34.3 Å². The van der Waals surface area contributed by atoms with Gasteiger partial charge in [-0.2, -0.15) is 0 Å². The number of nitrogens with one attached hydrogen (secondary N) is 1. The standard InChI is InChI=1S/C20H23N3OS2/c1-6-15-13(4)26-20-18(15)19(21-14(5)22-20)25-10-17(24)23-16-9-11(2)7-8-12(16)3/h7-9H,6,10H2,1-5H3,(H,23,24). The van der Waals surface area contributed by atoms with Crippen LogP contribution in [0.4, 0.5) is 5.69 Å². The molecule has 0 aliphatic heterocycles. The van der Waals surface area contributed by atoms with Gasteiger partial charge in [-0.15, -0.1) is 11.3 Å². The molecular formula is C20H23N3OS2. The predicted octanol–water partition coefficient (Wildman–Crippen LogP) is 5.22. The molecule has 0 saturated heterocycles. The number of fused-ring (bicyclic) bond motifs is 1. The van der Waals surface area contributed by atoms with Gasteiger partial charge in [-0.1, -0.05) is 30.8 Å². The number of anilines is 1. The molecule has 0 unspecified atom stereocenters. The van der Waals surface area contributed by atoms with Gasteiger partial charge in [0.05, 0.1) is 5.75 Å². The molecule has 3 aromatic rings. The van der Waals surface area contributed by atoms with Crippen LogP contribution in [-0.2, 0) is 11.2 Å². The summed E-state index contributed by atoms with van der Waals surface area (Å²) >= 11 is 3.19. The molecule has 1 amide bonds. The molecule has 0 fully saturated rings. The monoisotopic (exact) mass is 385 g/mol. The third-order valence-corrected chi connectivity index (χ3v) is 6.31. The normalized spacial score (nSPS) is 11.1. The van der Waals surface area contributed by atoms with Crippen molar-refractivity contribution in [3.8, 4) is 0 Å². The zero-order valence-electron chi connectivity index (χ0n) is 15.8. The van der Waals surface area contributed by atoms with E-state index in [1.54, 1.807) is 11.3 Å². The summed E-state index contributed by atoms with van der Waals surface area (Å²) in [6.45, 7) is 10.2. The minimum Gasteiger partial charge on any atom is -0.325 e. The molecule has 6 heteroatoms. The van der Waals surface area contributed by atoms with Gasteiger partial charge in [0.2, 0.25) is 5.91 Å². The summed E-state index contributed by atoms with van der Waals surface area (Å²) in [5, 5.41) is 5.04. The lowest BCUT2D eigenvalue weighted by molar-refractivity contribution is -0.113. The van der Waals surface area contributed by atoms with Crippen LogP contribution in [0.3, 0.4) is 0 Å². The molecule has 2 aromatic heterocycles. The summed E-state index contributed by atoms with van der Waals surface area (Å²) in [5.41, 5.74) is 4.37. The van der Waals surface area contributed by atoms with E-state index in [-0.39, 0.29) is 5.91 Å². The van der Waals surface area contributed by atoms with Crippen LogP contribution in [-0.4, -0.2) is 21.6 Å². The number of carbonyl (C=O) groups is 1. The van der Waals surface area contributed by atoms with Crippen LogP contribution < -0.4 is 5.32 Å². The van der Waals surface area contributed by atoms with Crippen LogP contribution in [0.25, 0.3) is 10.2 Å². The summed E-state index contributed by atoms with van der Waals surface area (Å²) < 4.78 is 0. The predicted molar refractivity (Wildman–Crippen MR) is 112 cm³/mol. The average molecular weight is 386 g/mol. The lowest BCUT2D eigenvalue weighted by Crippen LogP contribution is -2.15. The minimum atomic E-state index is -0.0156. The highest BCUT2D eigenvalue weighted by molar-refractivity contribution is 8.00. The van der Waals surface area contributed by atoms with E-state index in [0.717, 1.165) is 44.3 Å². The lowest BCUT2D eigenvalue weighted by Gasteiger charge is -2.10. The molecule has 2 heterocycles. The molecule has 3 rings (SSSR count). The number of benzene rings is 1. The van der Waals surface area contributed by atoms with Crippen LogP contribution in [0, 0.1) is 27.7 Å². The Kier molecular flexibility index (Phi) is 5.63. The Balaban J connectivity index is 1.81. The van der Waals surface area contributed by atoms with Gasteiger partial charge in [0, 0.05) is 16.0 Å². The van der Waals surface area contributed by atoms with Gasteiger partial charge in [0.25, 0.3) is 0 Å². The van der Waals surface area contributed by atoms with Gasteiger partial charge in [0.15, 0.2) is 0 Å². The van der Waals surface area contributed by atoms with E-state index in [4.69, 9.17) is 0 Å². The quantitative estimate of drug-likeness (QED) is 0.483. The zero-order chi connectivity index (χ0) is 18.8.